The van der Waals surface area contributed by atoms with Gasteiger partial charge in [-0.15, -0.1) is 11.3 Å². The first-order valence-corrected chi connectivity index (χ1v) is 7.11. The van der Waals surface area contributed by atoms with Gasteiger partial charge >= 0.3 is 0 Å². The van der Waals surface area contributed by atoms with E-state index in [9.17, 15) is 4.79 Å². The second-order valence-electron chi connectivity index (χ2n) is 4.35. The second-order valence-corrected chi connectivity index (χ2v) is 5.43. The third-order valence-electron chi connectivity index (χ3n) is 2.84. The number of carbonyl (C=O) groups excluding carboxylic acids is 1. The predicted octanol–water partition coefficient (Wildman–Crippen LogP) is 3.80. The number of hydrogen-bond acceptors (Lipinski definition) is 4. The maximum absolute atomic E-state index is 11.5. The number of hydrogen-bond donors (Lipinski definition) is 0. The van der Waals surface area contributed by atoms with Crippen molar-refractivity contribution in [2.45, 2.75) is 33.8 Å². The summed E-state index contributed by atoms with van der Waals surface area (Å²) in [5.74, 6) is 0.941. The Morgan fingerprint density at radius 2 is 2.11 bits per heavy atom. The lowest BCUT2D eigenvalue weighted by Crippen LogP contribution is -1.97. The Morgan fingerprint density at radius 3 is 2.68 bits per heavy atom. The highest BCUT2D eigenvalue weighted by Crippen LogP contribution is 2.23. The van der Waals surface area contributed by atoms with Gasteiger partial charge < -0.3 is 4.74 Å². The molecule has 3 nitrogen and oxygen atoms in total. The minimum absolute atomic E-state index is 0.0801. The number of aromatic nitrogens is 1. The fourth-order valence-electron chi connectivity index (χ4n) is 1.84. The molecule has 0 amide bonds. The number of Topliss-reactive ketones (excluding diaryl/α,β-unsaturated/α-hetero) is 1. The van der Waals surface area contributed by atoms with Crippen molar-refractivity contribution in [2.75, 3.05) is 0 Å². The Morgan fingerprint density at radius 1 is 1.37 bits per heavy atom. The maximum atomic E-state index is 11.5. The van der Waals surface area contributed by atoms with Crippen LogP contribution in [-0.2, 0) is 13.0 Å². The van der Waals surface area contributed by atoms with Gasteiger partial charge in [0.2, 0.25) is 0 Å². The molecule has 19 heavy (non-hydrogen) atoms. The quantitative estimate of drug-likeness (QED) is 0.779. The van der Waals surface area contributed by atoms with Crippen LogP contribution in [-0.4, -0.2) is 10.8 Å². The zero-order chi connectivity index (χ0) is 13.8. The van der Waals surface area contributed by atoms with E-state index in [2.05, 4.69) is 4.98 Å². The SMILES string of the molecule is CCc1nc(COc2ccccc2C)sc1C(C)=O. The summed E-state index contributed by atoms with van der Waals surface area (Å²) in [6.07, 6.45) is 0.774. The van der Waals surface area contributed by atoms with Crippen LogP contribution in [0.15, 0.2) is 24.3 Å². The topological polar surface area (TPSA) is 39.2 Å². The van der Waals surface area contributed by atoms with E-state index >= 15 is 0 Å². The fourth-order valence-corrected chi connectivity index (χ4v) is 2.80. The van der Waals surface area contributed by atoms with E-state index in [4.69, 9.17) is 4.74 Å². The summed E-state index contributed by atoms with van der Waals surface area (Å²) in [5.41, 5.74) is 1.97. The van der Waals surface area contributed by atoms with E-state index < -0.39 is 0 Å². The van der Waals surface area contributed by atoms with Crippen molar-refractivity contribution in [3.63, 3.8) is 0 Å². The smallest absolute Gasteiger partial charge is 0.171 e. The van der Waals surface area contributed by atoms with Crippen LogP contribution in [0.3, 0.4) is 0 Å². The summed E-state index contributed by atoms with van der Waals surface area (Å²) < 4.78 is 5.75. The molecule has 1 aromatic carbocycles. The van der Waals surface area contributed by atoms with Crippen molar-refractivity contribution < 1.29 is 9.53 Å². The summed E-state index contributed by atoms with van der Waals surface area (Å²) in [6, 6.07) is 7.88. The van der Waals surface area contributed by atoms with Gasteiger partial charge in [-0.2, -0.15) is 0 Å². The summed E-state index contributed by atoms with van der Waals surface area (Å²) >= 11 is 1.43. The van der Waals surface area contributed by atoms with Crippen LogP contribution in [0, 0.1) is 6.92 Å². The molecule has 0 saturated carbocycles. The fraction of sp³-hybridized carbons (Fsp3) is 0.333. The van der Waals surface area contributed by atoms with Gasteiger partial charge in [0.1, 0.15) is 17.4 Å². The normalized spacial score (nSPS) is 10.5. The van der Waals surface area contributed by atoms with Crippen molar-refractivity contribution in [3.05, 3.63) is 45.4 Å². The molecule has 0 saturated heterocycles. The lowest BCUT2D eigenvalue weighted by Gasteiger charge is -2.06. The zero-order valence-corrected chi connectivity index (χ0v) is 12.2. The highest BCUT2D eigenvalue weighted by molar-refractivity contribution is 7.13. The van der Waals surface area contributed by atoms with Crippen molar-refractivity contribution in [2.24, 2.45) is 0 Å². The second kappa shape index (κ2) is 5.97. The first-order chi connectivity index (χ1) is 9.11. The molecular formula is C15H17NO2S. The van der Waals surface area contributed by atoms with Crippen LogP contribution < -0.4 is 4.74 Å². The number of thiazole rings is 1. The molecule has 0 radical (unpaired) electrons. The number of ether oxygens (including phenoxy) is 1. The van der Waals surface area contributed by atoms with E-state index in [-0.39, 0.29) is 5.78 Å². The third kappa shape index (κ3) is 3.20. The Labute approximate surface area is 117 Å². The van der Waals surface area contributed by atoms with E-state index in [0.717, 1.165) is 33.3 Å². The van der Waals surface area contributed by atoms with Crippen molar-refractivity contribution in [1.82, 2.24) is 4.98 Å². The lowest BCUT2D eigenvalue weighted by atomic mass is 10.2. The highest BCUT2D eigenvalue weighted by atomic mass is 32.1. The minimum Gasteiger partial charge on any atom is -0.486 e. The standard InChI is InChI=1S/C15H17NO2S/c1-4-12-15(11(3)17)19-14(16-12)9-18-13-8-6-5-7-10(13)2/h5-8H,4,9H2,1-3H3. The molecular weight excluding hydrogens is 258 g/mol. The van der Waals surface area contributed by atoms with Gasteiger partial charge in [-0.3, -0.25) is 4.79 Å². The third-order valence-corrected chi connectivity index (χ3v) is 4.01. The van der Waals surface area contributed by atoms with E-state index in [0.29, 0.717) is 6.61 Å². The summed E-state index contributed by atoms with van der Waals surface area (Å²) in [5, 5.41) is 0.852. The molecule has 2 aromatic rings. The van der Waals surface area contributed by atoms with Gasteiger partial charge in [0.25, 0.3) is 0 Å². The molecule has 0 aliphatic rings. The van der Waals surface area contributed by atoms with Crippen molar-refractivity contribution in [1.29, 1.82) is 0 Å². The molecule has 0 atom stereocenters. The summed E-state index contributed by atoms with van der Waals surface area (Å²) in [7, 11) is 0. The van der Waals surface area contributed by atoms with Gasteiger partial charge in [-0.05, 0) is 25.0 Å². The molecule has 0 spiro atoms. The molecule has 1 heterocycles. The van der Waals surface area contributed by atoms with E-state index in [1.54, 1.807) is 6.92 Å². The Balaban J connectivity index is 2.12. The highest BCUT2D eigenvalue weighted by Gasteiger charge is 2.13. The number of rotatable bonds is 5. The average Bonchev–Trinajstić information content (AvgIpc) is 2.81. The molecule has 0 N–H and O–H groups in total. The molecule has 0 aliphatic carbocycles. The van der Waals surface area contributed by atoms with Crippen LogP contribution in [0.2, 0.25) is 0 Å². The molecule has 1 aromatic heterocycles. The molecule has 2 rings (SSSR count). The van der Waals surface area contributed by atoms with Gasteiger partial charge in [0.05, 0.1) is 10.6 Å². The van der Waals surface area contributed by atoms with Crippen LogP contribution in [0.4, 0.5) is 0 Å². The largest absolute Gasteiger partial charge is 0.486 e. The first-order valence-electron chi connectivity index (χ1n) is 6.29. The zero-order valence-electron chi connectivity index (χ0n) is 11.4. The van der Waals surface area contributed by atoms with Gasteiger partial charge in [0, 0.05) is 6.92 Å². The molecule has 100 valence electrons. The van der Waals surface area contributed by atoms with Gasteiger partial charge in [-0.25, -0.2) is 4.98 Å². The number of aryl methyl sites for hydroxylation is 2. The van der Waals surface area contributed by atoms with Crippen molar-refractivity contribution in [3.8, 4) is 5.75 Å². The minimum atomic E-state index is 0.0801. The lowest BCUT2D eigenvalue weighted by molar-refractivity contribution is 0.102. The van der Waals surface area contributed by atoms with Crippen LogP contribution >= 0.6 is 11.3 Å². The number of benzene rings is 1. The summed E-state index contributed by atoms with van der Waals surface area (Å²) in [4.78, 5) is 16.7. The Bertz CT molecular complexity index is 590. The molecule has 0 aliphatic heterocycles. The molecule has 0 unspecified atom stereocenters. The van der Waals surface area contributed by atoms with Gasteiger partial charge in [-0.1, -0.05) is 25.1 Å². The van der Waals surface area contributed by atoms with Crippen LogP contribution in [0.5, 0.6) is 5.75 Å². The molecule has 4 heteroatoms. The molecule has 0 bridgehead atoms. The van der Waals surface area contributed by atoms with Crippen molar-refractivity contribution >= 4 is 17.1 Å². The van der Waals surface area contributed by atoms with E-state index in [1.807, 2.05) is 38.1 Å². The van der Waals surface area contributed by atoms with Crippen LogP contribution in [0.25, 0.3) is 0 Å². The van der Waals surface area contributed by atoms with Crippen LogP contribution in [0.1, 0.15) is 39.8 Å². The molecule has 0 fully saturated rings. The number of nitrogens with zero attached hydrogens (tertiary/aromatic N) is 1. The van der Waals surface area contributed by atoms with Gasteiger partial charge in [0.15, 0.2) is 5.78 Å². The first kappa shape index (κ1) is 13.7. The Kier molecular flexibility index (Phi) is 4.32. The monoisotopic (exact) mass is 275 g/mol. The predicted molar refractivity (Wildman–Crippen MR) is 77.0 cm³/mol. The Hall–Kier alpha value is -1.68. The maximum Gasteiger partial charge on any atom is 0.171 e. The number of para-hydroxylation sites is 1. The number of carbonyl (C=O) groups is 1. The number of ketones is 1. The average molecular weight is 275 g/mol. The van der Waals surface area contributed by atoms with E-state index in [1.165, 1.54) is 11.3 Å². The summed E-state index contributed by atoms with van der Waals surface area (Å²) in [6.45, 7) is 6.01.